The number of ether oxygens (including phenoxy) is 2. The minimum Gasteiger partial charge on any atom is -0.494 e. The molecule has 2 unspecified atom stereocenters. The lowest BCUT2D eigenvalue weighted by atomic mass is 10.2. The van der Waals surface area contributed by atoms with Crippen LogP contribution in [0.2, 0.25) is 0 Å². The van der Waals surface area contributed by atoms with Gasteiger partial charge in [0.25, 0.3) is 0 Å². The van der Waals surface area contributed by atoms with Crippen molar-refractivity contribution in [2.24, 2.45) is 10.9 Å². The highest BCUT2D eigenvalue weighted by Gasteiger charge is 2.36. The maximum atomic E-state index is 12.1. The molecular weight excluding hydrogens is 318 g/mol. The van der Waals surface area contributed by atoms with Crippen LogP contribution < -0.4 is 4.74 Å². The normalized spacial score (nSPS) is 23.5. The number of esters is 1. The van der Waals surface area contributed by atoms with Crippen molar-refractivity contribution in [2.75, 3.05) is 6.61 Å². The van der Waals surface area contributed by atoms with Gasteiger partial charge in [0.1, 0.15) is 17.3 Å². The first-order valence-corrected chi connectivity index (χ1v) is 8.49. The molecule has 1 aliphatic carbocycles. The standard InChI is InChI=1S/C20H19NO4/c1-3-23-14-6-4-13(5-7-14)19-21-17(20(22)25-19)11-15-8-9-18(24-15)16-10-12(16)2/h4-9,11-12,16H,3,10H2,1-2H3/b17-11-. The van der Waals surface area contributed by atoms with Crippen LogP contribution in [0.1, 0.15) is 43.3 Å². The zero-order valence-corrected chi connectivity index (χ0v) is 14.2. The van der Waals surface area contributed by atoms with Gasteiger partial charge in [0, 0.05) is 17.6 Å². The van der Waals surface area contributed by atoms with Gasteiger partial charge < -0.3 is 13.9 Å². The molecule has 5 nitrogen and oxygen atoms in total. The third-order valence-electron chi connectivity index (χ3n) is 4.43. The first-order valence-electron chi connectivity index (χ1n) is 8.49. The van der Waals surface area contributed by atoms with Gasteiger partial charge in [-0.05, 0) is 55.7 Å². The first kappa shape index (κ1) is 15.7. The molecule has 5 heteroatoms. The van der Waals surface area contributed by atoms with Crippen molar-refractivity contribution < 1.29 is 18.7 Å². The third-order valence-corrected chi connectivity index (χ3v) is 4.43. The van der Waals surface area contributed by atoms with Gasteiger partial charge in [-0.1, -0.05) is 6.92 Å². The van der Waals surface area contributed by atoms with E-state index in [4.69, 9.17) is 13.9 Å². The molecule has 2 atom stereocenters. The lowest BCUT2D eigenvalue weighted by molar-refractivity contribution is -0.129. The SMILES string of the molecule is CCOc1ccc(C2=N/C(=C\c3ccc(C4CC4C)o3)C(=O)O2)cc1. The Hall–Kier alpha value is -2.82. The maximum absolute atomic E-state index is 12.1. The Kier molecular flexibility index (Phi) is 3.92. The van der Waals surface area contributed by atoms with Crippen molar-refractivity contribution in [3.8, 4) is 5.75 Å². The van der Waals surface area contributed by atoms with Crippen LogP contribution in [-0.2, 0) is 9.53 Å². The second-order valence-electron chi connectivity index (χ2n) is 6.35. The van der Waals surface area contributed by atoms with E-state index in [0.29, 0.717) is 30.1 Å². The minimum absolute atomic E-state index is 0.244. The Morgan fingerprint density at radius 3 is 2.68 bits per heavy atom. The molecule has 1 aliphatic heterocycles. The number of cyclic esters (lactones) is 1. The van der Waals surface area contributed by atoms with Crippen LogP contribution in [-0.4, -0.2) is 18.5 Å². The van der Waals surface area contributed by atoms with Crippen LogP contribution >= 0.6 is 0 Å². The smallest absolute Gasteiger partial charge is 0.363 e. The molecule has 0 radical (unpaired) electrons. The number of furan rings is 1. The fraction of sp³-hybridized carbons (Fsp3) is 0.300. The average Bonchev–Trinajstić information content (AvgIpc) is 3.01. The topological polar surface area (TPSA) is 61.0 Å². The lowest BCUT2D eigenvalue weighted by Gasteiger charge is -2.03. The van der Waals surface area contributed by atoms with Gasteiger partial charge in [0.2, 0.25) is 5.90 Å². The molecule has 0 N–H and O–H groups in total. The second kappa shape index (κ2) is 6.24. The number of carbonyl (C=O) groups is 1. The highest BCUT2D eigenvalue weighted by molar-refractivity contribution is 6.12. The van der Waals surface area contributed by atoms with E-state index in [1.54, 1.807) is 6.08 Å². The van der Waals surface area contributed by atoms with Gasteiger partial charge in [-0.3, -0.25) is 0 Å². The highest BCUT2D eigenvalue weighted by atomic mass is 16.6. The van der Waals surface area contributed by atoms with Crippen LogP contribution in [0.25, 0.3) is 6.08 Å². The van der Waals surface area contributed by atoms with E-state index in [1.807, 2.05) is 43.3 Å². The van der Waals surface area contributed by atoms with Gasteiger partial charge in [0.15, 0.2) is 5.70 Å². The number of carbonyl (C=O) groups excluding carboxylic acids is 1. The lowest BCUT2D eigenvalue weighted by Crippen LogP contribution is -2.05. The fourth-order valence-electron chi connectivity index (χ4n) is 2.89. The maximum Gasteiger partial charge on any atom is 0.363 e. The van der Waals surface area contributed by atoms with Gasteiger partial charge in [-0.25, -0.2) is 9.79 Å². The summed E-state index contributed by atoms with van der Waals surface area (Å²) < 4.78 is 16.5. The van der Waals surface area contributed by atoms with Crippen LogP contribution in [0.3, 0.4) is 0 Å². The van der Waals surface area contributed by atoms with Gasteiger partial charge in [-0.2, -0.15) is 0 Å². The minimum atomic E-state index is -0.471. The Morgan fingerprint density at radius 1 is 1.24 bits per heavy atom. The molecule has 2 heterocycles. The predicted molar refractivity (Wildman–Crippen MR) is 93.4 cm³/mol. The molecule has 128 valence electrons. The number of rotatable bonds is 5. The number of nitrogens with zero attached hydrogens (tertiary/aromatic N) is 1. The first-order chi connectivity index (χ1) is 12.1. The van der Waals surface area contributed by atoms with Crippen molar-refractivity contribution in [1.29, 1.82) is 0 Å². The second-order valence-corrected chi connectivity index (χ2v) is 6.35. The predicted octanol–water partition coefficient (Wildman–Crippen LogP) is 4.15. The summed E-state index contributed by atoms with van der Waals surface area (Å²) in [6.45, 7) is 4.73. The van der Waals surface area contributed by atoms with Crippen molar-refractivity contribution in [3.63, 3.8) is 0 Å². The molecule has 0 saturated heterocycles. The molecule has 0 amide bonds. The largest absolute Gasteiger partial charge is 0.494 e. The van der Waals surface area contributed by atoms with Crippen LogP contribution in [0.4, 0.5) is 0 Å². The summed E-state index contributed by atoms with van der Waals surface area (Å²) in [6, 6.07) is 11.1. The average molecular weight is 337 g/mol. The summed E-state index contributed by atoms with van der Waals surface area (Å²) in [5, 5.41) is 0. The van der Waals surface area contributed by atoms with Crippen molar-refractivity contribution >= 4 is 17.9 Å². The number of hydrogen-bond acceptors (Lipinski definition) is 5. The molecule has 2 aliphatic rings. The molecule has 25 heavy (non-hydrogen) atoms. The monoisotopic (exact) mass is 337 g/mol. The van der Waals surface area contributed by atoms with Crippen molar-refractivity contribution in [1.82, 2.24) is 0 Å². The molecule has 4 rings (SSSR count). The van der Waals surface area contributed by atoms with Crippen molar-refractivity contribution in [3.05, 3.63) is 59.2 Å². The molecule has 0 bridgehead atoms. The van der Waals surface area contributed by atoms with Crippen molar-refractivity contribution in [2.45, 2.75) is 26.2 Å². The molecular formula is C20H19NO4. The Balaban J connectivity index is 1.54. The van der Waals surface area contributed by atoms with Gasteiger partial charge >= 0.3 is 5.97 Å². The molecule has 1 aromatic heterocycles. The quantitative estimate of drug-likeness (QED) is 0.607. The Morgan fingerprint density at radius 2 is 2.00 bits per heavy atom. The molecule has 1 fully saturated rings. The molecule has 1 aromatic carbocycles. The number of benzene rings is 1. The van der Waals surface area contributed by atoms with E-state index in [0.717, 1.165) is 23.5 Å². The van der Waals surface area contributed by atoms with E-state index >= 15 is 0 Å². The van der Waals surface area contributed by atoms with E-state index in [1.165, 1.54) is 0 Å². The summed E-state index contributed by atoms with van der Waals surface area (Å²) >= 11 is 0. The summed E-state index contributed by atoms with van der Waals surface area (Å²) in [4.78, 5) is 16.4. The zero-order valence-electron chi connectivity index (χ0n) is 14.2. The van der Waals surface area contributed by atoms with Crippen LogP contribution in [0.5, 0.6) is 5.75 Å². The van der Waals surface area contributed by atoms with Crippen LogP contribution in [0.15, 0.2) is 51.5 Å². The van der Waals surface area contributed by atoms with E-state index in [9.17, 15) is 4.79 Å². The van der Waals surface area contributed by atoms with Gasteiger partial charge in [-0.15, -0.1) is 0 Å². The summed E-state index contributed by atoms with van der Waals surface area (Å²) in [7, 11) is 0. The highest BCUT2D eigenvalue weighted by Crippen LogP contribution is 2.47. The number of hydrogen-bond donors (Lipinski definition) is 0. The Bertz CT molecular complexity index is 860. The Labute approximate surface area is 146 Å². The van der Waals surface area contributed by atoms with E-state index < -0.39 is 5.97 Å². The molecule has 2 aromatic rings. The third kappa shape index (κ3) is 3.22. The molecule has 0 spiro atoms. The summed E-state index contributed by atoms with van der Waals surface area (Å²) in [5.74, 6) is 3.37. The summed E-state index contributed by atoms with van der Waals surface area (Å²) in [6.07, 6.45) is 2.78. The van der Waals surface area contributed by atoms with E-state index in [2.05, 4.69) is 11.9 Å². The zero-order chi connectivity index (χ0) is 17.4. The summed E-state index contributed by atoms with van der Waals surface area (Å²) in [5.41, 5.74) is 0.973. The fourth-order valence-corrected chi connectivity index (χ4v) is 2.89. The van der Waals surface area contributed by atoms with Crippen LogP contribution in [0, 0.1) is 5.92 Å². The number of aliphatic imine (C=N–C) groups is 1. The van der Waals surface area contributed by atoms with E-state index in [-0.39, 0.29) is 5.70 Å². The molecule has 1 saturated carbocycles. The van der Waals surface area contributed by atoms with Gasteiger partial charge in [0.05, 0.1) is 6.61 Å².